The highest BCUT2D eigenvalue weighted by Gasteiger charge is 2.78. The van der Waals surface area contributed by atoms with Crippen LogP contribution in [0.5, 0.6) is 0 Å². The molecule has 0 aromatic heterocycles. The first-order valence-corrected chi connectivity index (χ1v) is 11.6. The Bertz CT molecular complexity index is 1140. The van der Waals surface area contributed by atoms with Crippen molar-refractivity contribution in [1.29, 1.82) is 0 Å². The van der Waals surface area contributed by atoms with E-state index < -0.39 is 29.8 Å². The van der Waals surface area contributed by atoms with Crippen LogP contribution in [-0.2, 0) is 14.2 Å². The third-order valence-corrected chi connectivity index (χ3v) is 11.7. The van der Waals surface area contributed by atoms with E-state index in [2.05, 4.69) is 6.58 Å². The third-order valence-electron chi connectivity index (χ3n) is 7.21. The lowest BCUT2D eigenvalue weighted by atomic mass is 9.70. The third kappa shape index (κ3) is 1.89. The maximum absolute atomic E-state index is 14.8. The number of fused-ring (bicyclic) bond motifs is 5. The van der Waals surface area contributed by atoms with Crippen molar-refractivity contribution in [3.05, 3.63) is 84.5 Å². The number of allylic oxidation sites excluding steroid dienone is 3. The number of hydrogen-bond acceptors (Lipinski definition) is 3. The number of carbonyl (C=O) groups excluding carboxylic acids is 2. The Balaban J connectivity index is 1.76. The lowest BCUT2D eigenvalue weighted by Crippen LogP contribution is -2.41. The molecule has 0 N–H and O–H groups in total. The van der Waals surface area contributed by atoms with Gasteiger partial charge in [-0.15, -0.1) is 6.58 Å². The van der Waals surface area contributed by atoms with Gasteiger partial charge in [0.2, 0.25) is 11.8 Å². The van der Waals surface area contributed by atoms with Gasteiger partial charge in [-0.1, -0.05) is 65.8 Å². The van der Waals surface area contributed by atoms with Gasteiger partial charge in [0, 0.05) is 5.30 Å². The number of imide groups is 1. The fourth-order valence-corrected chi connectivity index (χ4v) is 10.9. The van der Waals surface area contributed by atoms with Crippen molar-refractivity contribution in [3.63, 3.8) is 0 Å². The van der Waals surface area contributed by atoms with Crippen LogP contribution in [0.3, 0.4) is 0 Å². The molecular formula is C24H22NO3P. The molecular weight excluding hydrogens is 381 g/mol. The molecule has 2 aromatic rings. The highest BCUT2D eigenvalue weighted by molar-refractivity contribution is 7.75. The van der Waals surface area contributed by atoms with Gasteiger partial charge < -0.3 is 4.57 Å². The molecule has 0 spiro atoms. The van der Waals surface area contributed by atoms with E-state index >= 15 is 0 Å². The molecule has 5 atom stereocenters. The van der Waals surface area contributed by atoms with E-state index in [4.69, 9.17) is 0 Å². The van der Waals surface area contributed by atoms with E-state index in [1.54, 1.807) is 18.2 Å². The Kier molecular flexibility index (Phi) is 3.73. The summed E-state index contributed by atoms with van der Waals surface area (Å²) >= 11 is 0. The maximum atomic E-state index is 14.8. The predicted octanol–water partition coefficient (Wildman–Crippen LogP) is 4.14. The van der Waals surface area contributed by atoms with Gasteiger partial charge in [-0.2, -0.15) is 0 Å². The topological polar surface area (TPSA) is 54.5 Å². The molecule has 3 aliphatic rings. The fourth-order valence-electron chi connectivity index (χ4n) is 5.97. The van der Waals surface area contributed by atoms with Crippen molar-refractivity contribution in [1.82, 2.24) is 0 Å². The van der Waals surface area contributed by atoms with Crippen molar-refractivity contribution in [3.8, 4) is 0 Å². The molecule has 0 unspecified atom stereocenters. The minimum absolute atomic E-state index is 0.247. The Labute approximate surface area is 170 Å². The highest BCUT2D eigenvalue weighted by Crippen LogP contribution is 2.82. The predicted molar refractivity (Wildman–Crippen MR) is 115 cm³/mol. The lowest BCUT2D eigenvalue weighted by Gasteiger charge is -2.35. The smallest absolute Gasteiger partial charge is 0.239 e. The average Bonchev–Trinajstić information content (AvgIpc) is 3.21. The van der Waals surface area contributed by atoms with Gasteiger partial charge in [0.1, 0.15) is 7.14 Å². The first kappa shape index (κ1) is 18.3. The van der Waals surface area contributed by atoms with Gasteiger partial charge in [0.25, 0.3) is 0 Å². The van der Waals surface area contributed by atoms with Crippen LogP contribution in [0.2, 0.25) is 0 Å². The molecule has 2 fully saturated rings. The van der Waals surface area contributed by atoms with Crippen molar-refractivity contribution >= 4 is 29.9 Å². The van der Waals surface area contributed by atoms with E-state index in [1.165, 1.54) is 4.90 Å². The summed E-state index contributed by atoms with van der Waals surface area (Å²) < 4.78 is 14.8. The summed E-state index contributed by atoms with van der Waals surface area (Å²) in [5.41, 5.74) is 2.01. The highest BCUT2D eigenvalue weighted by atomic mass is 31.2. The molecule has 3 aliphatic heterocycles. The molecule has 4 nitrogen and oxygen atoms in total. The molecule has 29 heavy (non-hydrogen) atoms. The van der Waals surface area contributed by atoms with Crippen molar-refractivity contribution in [2.45, 2.75) is 24.7 Å². The first-order valence-electron chi connectivity index (χ1n) is 9.81. The zero-order valence-electron chi connectivity index (χ0n) is 16.4. The molecule has 0 saturated carbocycles. The normalized spacial score (nSPS) is 35.4. The Morgan fingerprint density at radius 1 is 0.966 bits per heavy atom. The summed E-state index contributed by atoms with van der Waals surface area (Å²) in [6.07, 6.45) is 1.70. The number of amides is 2. The molecule has 5 rings (SSSR count). The number of rotatable bonds is 3. The van der Waals surface area contributed by atoms with Gasteiger partial charge in [0.15, 0.2) is 0 Å². The number of benzene rings is 2. The van der Waals surface area contributed by atoms with Gasteiger partial charge >= 0.3 is 0 Å². The Hall–Kier alpha value is -2.71. The second-order valence-corrected chi connectivity index (χ2v) is 11.3. The molecule has 0 aliphatic carbocycles. The van der Waals surface area contributed by atoms with Crippen LogP contribution in [-0.4, -0.2) is 22.6 Å². The second kappa shape index (κ2) is 5.90. The van der Waals surface area contributed by atoms with Crippen LogP contribution in [0.1, 0.15) is 13.8 Å². The van der Waals surface area contributed by atoms with E-state index in [1.807, 2.05) is 62.4 Å². The number of nitrogens with zero attached hydrogens (tertiary/aromatic N) is 1. The van der Waals surface area contributed by atoms with Crippen LogP contribution < -0.4 is 10.2 Å². The zero-order valence-corrected chi connectivity index (χ0v) is 17.3. The monoisotopic (exact) mass is 403 g/mol. The Morgan fingerprint density at radius 3 is 2.14 bits per heavy atom. The summed E-state index contributed by atoms with van der Waals surface area (Å²) in [7, 11) is -3.17. The number of para-hydroxylation sites is 1. The minimum atomic E-state index is -3.17. The van der Waals surface area contributed by atoms with Crippen molar-refractivity contribution < 1.29 is 14.2 Å². The van der Waals surface area contributed by atoms with Crippen LogP contribution in [0.25, 0.3) is 0 Å². The van der Waals surface area contributed by atoms with E-state index in [-0.39, 0.29) is 11.8 Å². The van der Waals surface area contributed by atoms with Gasteiger partial charge in [-0.05, 0) is 26.0 Å². The molecule has 2 amide bonds. The maximum Gasteiger partial charge on any atom is 0.239 e. The zero-order chi connectivity index (χ0) is 20.6. The van der Waals surface area contributed by atoms with Crippen LogP contribution >= 0.6 is 7.14 Å². The largest absolute Gasteiger partial charge is 0.317 e. The molecule has 2 bridgehead atoms. The summed E-state index contributed by atoms with van der Waals surface area (Å²) in [4.78, 5) is 28.5. The van der Waals surface area contributed by atoms with Crippen LogP contribution in [0, 0.1) is 11.8 Å². The van der Waals surface area contributed by atoms with E-state index in [9.17, 15) is 14.2 Å². The number of hydrogen-bond donors (Lipinski definition) is 0. The summed E-state index contributed by atoms with van der Waals surface area (Å²) in [5, 5.41) is -0.285. The molecule has 2 saturated heterocycles. The number of anilines is 1. The summed E-state index contributed by atoms with van der Waals surface area (Å²) in [6.45, 7) is 7.96. The van der Waals surface area contributed by atoms with Gasteiger partial charge in [-0.3, -0.25) is 9.59 Å². The van der Waals surface area contributed by atoms with Crippen LogP contribution in [0.15, 0.2) is 84.5 Å². The Morgan fingerprint density at radius 2 is 1.55 bits per heavy atom. The van der Waals surface area contributed by atoms with Crippen LogP contribution in [0.4, 0.5) is 5.69 Å². The summed E-state index contributed by atoms with van der Waals surface area (Å²) in [6, 6.07) is 18.3. The molecule has 0 radical (unpaired) electrons. The first-order chi connectivity index (χ1) is 13.9. The van der Waals surface area contributed by atoms with Gasteiger partial charge in [-0.25, -0.2) is 4.90 Å². The second-order valence-electron chi connectivity index (χ2n) is 8.13. The fraction of sp³-hybridized carbons (Fsp3) is 0.250. The van der Waals surface area contributed by atoms with Crippen molar-refractivity contribution in [2.24, 2.45) is 11.8 Å². The molecule has 146 valence electrons. The standard InChI is InChI=1S/C24H22NO3P/c1-4-24-16(3)15(2)21(29(24,28)18-13-9-6-10-14-18)19-20(24)23(27)25(22(19)26)17-11-7-5-8-12-17/h4-14,19-21H,1H2,2-3H3/t19-,20-,21-,24+,29+/m0/s1. The quantitative estimate of drug-likeness (QED) is 0.440. The number of carbonyl (C=O) groups is 2. The van der Waals surface area contributed by atoms with Gasteiger partial charge in [0.05, 0.1) is 28.3 Å². The average molecular weight is 403 g/mol. The minimum Gasteiger partial charge on any atom is -0.317 e. The summed E-state index contributed by atoms with van der Waals surface area (Å²) in [5.74, 6) is -1.80. The molecule has 2 aromatic carbocycles. The molecule has 5 heteroatoms. The van der Waals surface area contributed by atoms with Crippen molar-refractivity contribution in [2.75, 3.05) is 4.90 Å². The molecule has 3 heterocycles. The lowest BCUT2D eigenvalue weighted by molar-refractivity contribution is -0.122. The van der Waals surface area contributed by atoms with E-state index in [0.29, 0.717) is 5.69 Å². The SMILES string of the molecule is C=C[C@@]12C(C)=C(C)[C@@H]([C@H]3C(=O)N(c4ccccc4)C(=O)[C@H]31)[P@]2(=O)c1ccccc1. The van der Waals surface area contributed by atoms with E-state index in [0.717, 1.165) is 16.5 Å².